The summed E-state index contributed by atoms with van der Waals surface area (Å²) in [6, 6.07) is 16.0. The van der Waals surface area contributed by atoms with Gasteiger partial charge in [0.25, 0.3) is 11.5 Å². The summed E-state index contributed by atoms with van der Waals surface area (Å²) in [4.78, 5) is 34.1. The molecule has 4 heterocycles. The highest BCUT2D eigenvalue weighted by molar-refractivity contribution is 6.04. The van der Waals surface area contributed by atoms with Crippen molar-refractivity contribution >= 4 is 22.5 Å². The summed E-state index contributed by atoms with van der Waals surface area (Å²) >= 11 is 0. The first-order chi connectivity index (χ1) is 19.8. The highest BCUT2D eigenvalue weighted by atomic mass is 19.1. The zero-order valence-corrected chi connectivity index (χ0v) is 22.9. The van der Waals surface area contributed by atoms with E-state index in [4.69, 9.17) is 4.74 Å². The Morgan fingerprint density at radius 2 is 1.80 bits per heavy atom. The van der Waals surface area contributed by atoms with Crippen LogP contribution in [0.25, 0.3) is 22.2 Å². The van der Waals surface area contributed by atoms with Crippen molar-refractivity contribution in [1.29, 1.82) is 0 Å². The summed E-state index contributed by atoms with van der Waals surface area (Å²) < 4.78 is 20.6. The number of aromatic amines is 2. The van der Waals surface area contributed by atoms with E-state index in [9.17, 15) is 14.0 Å². The zero-order chi connectivity index (χ0) is 28.5. The number of pyridine rings is 1. The van der Waals surface area contributed by atoms with Crippen molar-refractivity contribution in [3.05, 3.63) is 106 Å². The van der Waals surface area contributed by atoms with Crippen molar-refractivity contribution in [2.45, 2.75) is 39.1 Å². The van der Waals surface area contributed by atoms with Gasteiger partial charge >= 0.3 is 0 Å². The summed E-state index contributed by atoms with van der Waals surface area (Å²) in [5.74, 6) is -0.665. The highest BCUT2D eigenvalue weighted by Gasteiger charge is 2.22. The van der Waals surface area contributed by atoms with Gasteiger partial charge in [0.2, 0.25) is 0 Å². The first kappa shape index (κ1) is 26.7. The molecule has 1 saturated heterocycles. The minimum absolute atomic E-state index is 0.207. The molecular formula is C31H31FN6O3. The lowest BCUT2D eigenvalue weighted by atomic mass is 10.1. The molecule has 0 aliphatic carbocycles. The van der Waals surface area contributed by atoms with E-state index in [0.717, 1.165) is 36.1 Å². The quantitative estimate of drug-likeness (QED) is 0.269. The van der Waals surface area contributed by atoms with Crippen LogP contribution in [0, 0.1) is 5.82 Å². The standard InChI is InChI=1S/C31H31FN6O3/c1-19-14-37(15-20(2)41-19)16-22-5-8-28-23(9-22)10-29(36-28)27-11-26(13-33-31(27)40)35-30(39)24-12-34-38(18-24)17-21-3-6-25(32)7-4-21/h3-13,18-20,36H,14-17H2,1-2H3,(H,33,40)(H,35,39)/t19-,20+. The number of nitrogens with one attached hydrogen (secondary N) is 3. The number of anilines is 1. The molecule has 5 aromatic rings. The van der Waals surface area contributed by atoms with Gasteiger partial charge in [0.1, 0.15) is 5.82 Å². The van der Waals surface area contributed by atoms with Crippen molar-refractivity contribution in [3.8, 4) is 11.3 Å². The second-order valence-corrected chi connectivity index (χ2v) is 10.7. The van der Waals surface area contributed by atoms with Crippen LogP contribution in [0.4, 0.5) is 10.1 Å². The molecule has 0 spiro atoms. The molecule has 9 nitrogen and oxygen atoms in total. The van der Waals surface area contributed by atoms with Crippen LogP contribution >= 0.6 is 0 Å². The average molecular weight is 555 g/mol. The van der Waals surface area contributed by atoms with Crippen LogP contribution in [0.3, 0.4) is 0 Å². The molecule has 2 aromatic carbocycles. The van der Waals surface area contributed by atoms with Gasteiger partial charge in [-0.1, -0.05) is 18.2 Å². The SMILES string of the molecule is C[C@@H]1CN(Cc2ccc3[nH]c(-c4cc(NC(=O)c5cnn(Cc6ccc(F)cc6)c5)c[nH]c4=O)cc3c2)C[C@H](C)O1. The molecule has 1 aliphatic rings. The van der Waals surface area contributed by atoms with Crippen LogP contribution < -0.4 is 10.9 Å². The number of rotatable bonds is 7. The summed E-state index contributed by atoms with van der Waals surface area (Å²) in [6.07, 6.45) is 4.98. The number of carbonyl (C=O) groups is 1. The second-order valence-electron chi connectivity index (χ2n) is 10.7. The van der Waals surface area contributed by atoms with E-state index in [0.29, 0.717) is 29.1 Å². The Labute approximate surface area is 236 Å². The summed E-state index contributed by atoms with van der Waals surface area (Å²) in [5.41, 5.74) is 4.61. The Balaban J connectivity index is 1.16. The fraction of sp³-hybridized carbons (Fsp3) is 0.258. The number of hydrogen-bond acceptors (Lipinski definition) is 5. The Hall–Kier alpha value is -4.54. The predicted octanol–water partition coefficient (Wildman–Crippen LogP) is 4.77. The van der Waals surface area contributed by atoms with Crippen LogP contribution in [-0.2, 0) is 17.8 Å². The molecule has 10 heteroatoms. The molecule has 3 N–H and O–H groups in total. The molecule has 1 amide bonds. The smallest absolute Gasteiger partial charge is 0.258 e. The van der Waals surface area contributed by atoms with Gasteiger partial charge in [-0.2, -0.15) is 5.10 Å². The van der Waals surface area contributed by atoms with Crippen molar-refractivity contribution in [3.63, 3.8) is 0 Å². The molecule has 2 atom stereocenters. The van der Waals surface area contributed by atoms with Gasteiger partial charge in [0, 0.05) is 42.9 Å². The number of morpholine rings is 1. The van der Waals surface area contributed by atoms with E-state index in [1.54, 1.807) is 29.1 Å². The van der Waals surface area contributed by atoms with E-state index in [1.165, 1.54) is 30.1 Å². The first-order valence-corrected chi connectivity index (χ1v) is 13.6. The Bertz CT molecular complexity index is 1750. The summed E-state index contributed by atoms with van der Waals surface area (Å²) in [7, 11) is 0. The monoisotopic (exact) mass is 554 g/mol. The number of aromatic nitrogens is 4. The molecule has 210 valence electrons. The van der Waals surface area contributed by atoms with Crippen molar-refractivity contribution < 1.29 is 13.9 Å². The molecule has 0 saturated carbocycles. The lowest BCUT2D eigenvalue weighted by Gasteiger charge is -2.35. The molecule has 6 rings (SSSR count). The number of fused-ring (bicyclic) bond motifs is 1. The molecule has 41 heavy (non-hydrogen) atoms. The van der Waals surface area contributed by atoms with Gasteiger partial charge < -0.3 is 20.0 Å². The maximum Gasteiger partial charge on any atom is 0.258 e. The molecule has 1 aliphatic heterocycles. The van der Waals surface area contributed by atoms with Gasteiger partial charge in [-0.25, -0.2) is 4.39 Å². The van der Waals surface area contributed by atoms with E-state index in [1.807, 2.05) is 12.1 Å². The Kier molecular flexibility index (Phi) is 7.25. The number of H-pyrrole nitrogens is 2. The lowest BCUT2D eigenvalue weighted by molar-refractivity contribution is -0.0704. The van der Waals surface area contributed by atoms with E-state index in [-0.39, 0.29) is 29.5 Å². The average Bonchev–Trinajstić information content (AvgIpc) is 3.57. The van der Waals surface area contributed by atoms with E-state index < -0.39 is 0 Å². The maximum atomic E-state index is 13.2. The van der Waals surface area contributed by atoms with Gasteiger partial charge in [-0.15, -0.1) is 0 Å². The lowest BCUT2D eigenvalue weighted by Crippen LogP contribution is -2.44. The molecule has 0 unspecified atom stereocenters. The first-order valence-electron chi connectivity index (χ1n) is 13.6. The number of ether oxygens (including phenoxy) is 1. The number of hydrogen-bond donors (Lipinski definition) is 3. The number of halogens is 1. The fourth-order valence-corrected chi connectivity index (χ4v) is 5.40. The maximum absolute atomic E-state index is 13.2. The number of nitrogens with zero attached hydrogens (tertiary/aromatic N) is 3. The fourth-order valence-electron chi connectivity index (χ4n) is 5.40. The third-order valence-electron chi connectivity index (χ3n) is 7.19. The third kappa shape index (κ3) is 6.13. The number of amides is 1. The third-order valence-corrected chi connectivity index (χ3v) is 7.19. The van der Waals surface area contributed by atoms with Crippen LogP contribution in [0.5, 0.6) is 0 Å². The van der Waals surface area contributed by atoms with Crippen molar-refractivity contribution in [2.75, 3.05) is 18.4 Å². The Morgan fingerprint density at radius 1 is 1.05 bits per heavy atom. The number of benzene rings is 2. The van der Waals surface area contributed by atoms with E-state index in [2.05, 4.69) is 51.3 Å². The largest absolute Gasteiger partial charge is 0.373 e. The van der Waals surface area contributed by atoms with Gasteiger partial charge in [0.05, 0.1) is 47.5 Å². The molecule has 3 aromatic heterocycles. The minimum Gasteiger partial charge on any atom is -0.373 e. The van der Waals surface area contributed by atoms with Crippen molar-refractivity contribution in [2.24, 2.45) is 0 Å². The summed E-state index contributed by atoms with van der Waals surface area (Å²) in [5, 5.41) is 8.08. The Morgan fingerprint density at radius 3 is 2.59 bits per heavy atom. The molecule has 0 bridgehead atoms. The van der Waals surface area contributed by atoms with Gasteiger partial charge in [-0.3, -0.25) is 19.2 Å². The van der Waals surface area contributed by atoms with Crippen LogP contribution in [0.15, 0.2) is 78.0 Å². The van der Waals surface area contributed by atoms with Gasteiger partial charge in [-0.05, 0) is 61.4 Å². The molecule has 1 fully saturated rings. The van der Waals surface area contributed by atoms with Crippen LogP contribution in [0.1, 0.15) is 35.3 Å². The molecule has 0 radical (unpaired) electrons. The van der Waals surface area contributed by atoms with Crippen LogP contribution in [0.2, 0.25) is 0 Å². The molecular weight excluding hydrogens is 523 g/mol. The van der Waals surface area contributed by atoms with Crippen LogP contribution in [-0.4, -0.2) is 55.9 Å². The van der Waals surface area contributed by atoms with E-state index >= 15 is 0 Å². The topological polar surface area (TPSA) is 108 Å². The summed E-state index contributed by atoms with van der Waals surface area (Å²) in [6.45, 7) is 7.22. The predicted molar refractivity (Wildman–Crippen MR) is 155 cm³/mol. The minimum atomic E-state index is -0.360. The normalized spacial score (nSPS) is 17.6. The zero-order valence-electron chi connectivity index (χ0n) is 22.9. The van der Waals surface area contributed by atoms with Gasteiger partial charge in [0.15, 0.2) is 0 Å². The van der Waals surface area contributed by atoms with Crippen molar-refractivity contribution in [1.82, 2.24) is 24.6 Å². The highest BCUT2D eigenvalue weighted by Crippen LogP contribution is 2.25. The number of carbonyl (C=O) groups excluding carboxylic acids is 1. The second kappa shape index (κ2) is 11.1.